The third-order valence-corrected chi connectivity index (χ3v) is 5.07. The van der Waals surface area contributed by atoms with Crippen molar-refractivity contribution < 1.29 is 14.3 Å². The molecule has 0 unspecified atom stereocenters. The number of carbonyl (C=O) groups excluding carboxylic acids is 1. The summed E-state index contributed by atoms with van der Waals surface area (Å²) >= 11 is 0. The van der Waals surface area contributed by atoms with Crippen LogP contribution in [0.5, 0.6) is 0 Å². The van der Waals surface area contributed by atoms with Crippen LogP contribution in [-0.4, -0.2) is 49.5 Å². The van der Waals surface area contributed by atoms with Gasteiger partial charge in [-0.1, -0.05) is 24.3 Å². The van der Waals surface area contributed by atoms with Gasteiger partial charge in [-0.25, -0.2) is 9.37 Å². The van der Waals surface area contributed by atoms with E-state index in [9.17, 15) is 14.3 Å². The van der Waals surface area contributed by atoms with Crippen LogP contribution in [-0.2, 0) is 0 Å². The van der Waals surface area contributed by atoms with E-state index in [4.69, 9.17) is 0 Å². The maximum absolute atomic E-state index is 13.6. The first kappa shape index (κ1) is 17.5. The molecule has 2 aromatic heterocycles. The zero-order valence-electron chi connectivity index (χ0n) is 15.4. The van der Waals surface area contributed by atoms with E-state index in [0.29, 0.717) is 35.7 Å². The number of nitrogens with zero attached hydrogens (tertiary/aromatic N) is 4. The predicted octanol–water partition coefficient (Wildman–Crippen LogP) is 3.02. The van der Waals surface area contributed by atoms with E-state index >= 15 is 0 Å². The van der Waals surface area contributed by atoms with E-state index in [0.717, 1.165) is 11.1 Å². The summed E-state index contributed by atoms with van der Waals surface area (Å²) in [6.07, 6.45) is 4.82. The highest BCUT2D eigenvalue weighted by molar-refractivity contribution is 5.95. The van der Waals surface area contributed by atoms with Crippen molar-refractivity contribution in [3.05, 3.63) is 78.5 Å². The maximum Gasteiger partial charge on any atom is 0.254 e. The highest BCUT2D eigenvalue weighted by Crippen LogP contribution is 2.24. The Balaban J connectivity index is 1.48. The lowest BCUT2D eigenvalue weighted by Gasteiger charge is -2.35. The third kappa shape index (κ3) is 3.15. The molecule has 0 bridgehead atoms. The molecule has 7 heteroatoms. The van der Waals surface area contributed by atoms with Gasteiger partial charge in [0, 0.05) is 36.0 Å². The SMILES string of the molecule is O=C(c1ccc(-c2ncc3cnc(-c4cccc(F)c4)cn23)cc1)N1CC(O)C1. The molecule has 1 saturated heterocycles. The number of amides is 1. The number of fused-ring (bicyclic) bond motifs is 1. The summed E-state index contributed by atoms with van der Waals surface area (Å²) < 4.78 is 15.5. The Morgan fingerprint density at radius 3 is 2.52 bits per heavy atom. The van der Waals surface area contributed by atoms with Crippen molar-refractivity contribution in [1.29, 1.82) is 0 Å². The van der Waals surface area contributed by atoms with Gasteiger partial charge in [-0.15, -0.1) is 0 Å². The highest BCUT2D eigenvalue weighted by atomic mass is 19.1. The lowest BCUT2D eigenvalue weighted by molar-refractivity contribution is 0.00590. The lowest BCUT2D eigenvalue weighted by atomic mass is 10.1. The van der Waals surface area contributed by atoms with Crippen LogP contribution in [0, 0.1) is 5.82 Å². The van der Waals surface area contributed by atoms with Crippen LogP contribution in [0.25, 0.3) is 28.2 Å². The van der Waals surface area contributed by atoms with E-state index in [1.165, 1.54) is 12.1 Å². The molecule has 4 aromatic rings. The molecular formula is C22H17FN4O2. The summed E-state index contributed by atoms with van der Waals surface area (Å²) in [5.74, 6) is 0.302. The molecule has 144 valence electrons. The smallest absolute Gasteiger partial charge is 0.254 e. The maximum atomic E-state index is 13.6. The second kappa shape index (κ2) is 6.79. The number of likely N-dealkylation sites (tertiary alicyclic amines) is 1. The summed E-state index contributed by atoms with van der Waals surface area (Å²) in [5, 5.41) is 9.37. The number of rotatable bonds is 3. The Kier molecular flexibility index (Phi) is 4.10. The fraction of sp³-hybridized carbons (Fsp3) is 0.136. The molecule has 1 aliphatic rings. The van der Waals surface area contributed by atoms with Gasteiger partial charge >= 0.3 is 0 Å². The van der Waals surface area contributed by atoms with Crippen LogP contribution in [0.15, 0.2) is 67.1 Å². The first-order valence-corrected chi connectivity index (χ1v) is 9.25. The summed E-state index contributed by atoms with van der Waals surface area (Å²) in [6, 6.07) is 13.5. The summed E-state index contributed by atoms with van der Waals surface area (Å²) in [7, 11) is 0. The molecular weight excluding hydrogens is 371 g/mol. The molecule has 5 rings (SSSR count). The van der Waals surface area contributed by atoms with Crippen molar-refractivity contribution >= 4 is 11.4 Å². The van der Waals surface area contributed by atoms with Crippen molar-refractivity contribution in [2.45, 2.75) is 6.10 Å². The first-order valence-electron chi connectivity index (χ1n) is 9.25. The number of aliphatic hydroxyl groups is 1. The predicted molar refractivity (Wildman–Crippen MR) is 106 cm³/mol. The van der Waals surface area contributed by atoms with E-state index in [1.807, 2.05) is 22.7 Å². The average molecular weight is 388 g/mol. The second-order valence-corrected chi connectivity index (χ2v) is 7.10. The lowest BCUT2D eigenvalue weighted by Crippen LogP contribution is -2.53. The first-order chi connectivity index (χ1) is 14.1. The zero-order valence-corrected chi connectivity index (χ0v) is 15.4. The Labute approximate surface area is 165 Å². The van der Waals surface area contributed by atoms with Crippen LogP contribution >= 0.6 is 0 Å². The number of halogens is 1. The quantitative estimate of drug-likeness (QED) is 0.586. The van der Waals surface area contributed by atoms with Gasteiger partial charge in [0.15, 0.2) is 0 Å². The van der Waals surface area contributed by atoms with Crippen LogP contribution in [0.3, 0.4) is 0 Å². The number of aliphatic hydroxyl groups excluding tert-OH is 1. The van der Waals surface area contributed by atoms with Crippen molar-refractivity contribution in [3.63, 3.8) is 0 Å². The number of hydrogen-bond donors (Lipinski definition) is 1. The van der Waals surface area contributed by atoms with Gasteiger partial charge in [0.1, 0.15) is 11.6 Å². The number of imidazole rings is 1. The molecule has 0 aliphatic carbocycles. The normalized spacial score (nSPS) is 14.2. The van der Waals surface area contributed by atoms with E-state index in [1.54, 1.807) is 41.6 Å². The van der Waals surface area contributed by atoms with Gasteiger partial charge in [0.25, 0.3) is 5.91 Å². The van der Waals surface area contributed by atoms with E-state index in [-0.39, 0.29) is 11.7 Å². The fourth-order valence-electron chi connectivity index (χ4n) is 3.47. The number of benzene rings is 2. The number of β-amino-alcohol motifs (C(OH)–C–C–N with tert-alkyl or cyclic N) is 1. The molecule has 29 heavy (non-hydrogen) atoms. The number of aromatic nitrogens is 3. The van der Waals surface area contributed by atoms with E-state index < -0.39 is 6.10 Å². The van der Waals surface area contributed by atoms with Crippen molar-refractivity contribution in [3.8, 4) is 22.6 Å². The van der Waals surface area contributed by atoms with Gasteiger partial charge in [-0.2, -0.15) is 0 Å². The van der Waals surface area contributed by atoms with Crippen LogP contribution < -0.4 is 0 Å². The molecule has 3 heterocycles. The summed E-state index contributed by atoms with van der Waals surface area (Å²) in [6.45, 7) is 0.753. The minimum atomic E-state index is -0.421. The third-order valence-electron chi connectivity index (χ3n) is 5.07. The van der Waals surface area contributed by atoms with Gasteiger partial charge < -0.3 is 10.0 Å². The average Bonchev–Trinajstić information content (AvgIpc) is 3.14. The number of carbonyl (C=O) groups is 1. The zero-order chi connectivity index (χ0) is 20.0. The Morgan fingerprint density at radius 2 is 1.79 bits per heavy atom. The minimum absolute atomic E-state index is 0.0904. The minimum Gasteiger partial charge on any atom is -0.389 e. The standard InChI is InChI=1S/C22H17FN4O2/c23-17-3-1-2-16(8-17)20-13-27-18(9-24-20)10-25-21(27)14-4-6-15(7-5-14)22(29)26-11-19(28)12-26/h1-10,13,19,28H,11-12H2. The van der Waals surface area contributed by atoms with Gasteiger partial charge in [-0.3, -0.25) is 14.2 Å². The van der Waals surface area contributed by atoms with Crippen molar-refractivity contribution in [1.82, 2.24) is 19.3 Å². The second-order valence-electron chi connectivity index (χ2n) is 7.10. The monoisotopic (exact) mass is 388 g/mol. The summed E-state index contributed by atoms with van der Waals surface area (Å²) in [5.41, 5.74) is 3.56. The Hall–Kier alpha value is -3.58. The van der Waals surface area contributed by atoms with Crippen LogP contribution in [0.2, 0.25) is 0 Å². The molecule has 0 saturated carbocycles. The molecule has 1 N–H and O–H groups in total. The topological polar surface area (TPSA) is 70.7 Å². The number of hydrogen-bond acceptors (Lipinski definition) is 4. The van der Waals surface area contributed by atoms with Crippen molar-refractivity contribution in [2.24, 2.45) is 0 Å². The van der Waals surface area contributed by atoms with Crippen LogP contribution in [0.1, 0.15) is 10.4 Å². The molecule has 1 fully saturated rings. The highest BCUT2D eigenvalue weighted by Gasteiger charge is 2.29. The Morgan fingerprint density at radius 1 is 1.03 bits per heavy atom. The molecule has 6 nitrogen and oxygen atoms in total. The van der Waals surface area contributed by atoms with Gasteiger partial charge in [0.2, 0.25) is 0 Å². The fourth-order valence-corrected chi connectivity index (χ4v) is 3.47. The molecule has 2 aromatic carbocycles. The van der Waals surface area contributed by atoms with Crippen LogP contribution in [0.4, 0.5) is 4.39 Å². The van der Waals surface area contributed by atoms with Gasteiger partial charge in [0.05, 0.1) is 29.7 Å². The molecule has 1 aliphatic heterocycles. The van der Waals surface area contributed by atoms with Gasteiger partial charge in [-0.05, 0) is 24.3 Å². The Bertz CT molecular complexity index is 1210. The molecule has 0 radical (unpaired) electrons. The van der Waals surface area contributed by atoms with Crippen molar-refractivity contribution in [2.75, 3.05) is 13.1 Å². The molecule has 1 amide bonds. The summed E-state index contributed by atoms with van der Waals surface area (Å²) in [4.78, 5) is 22.9. The van der Waals surface area contributed by atoms with E-state index in [2.05, 4.69) is 9.97 Å². The molecule has 0 spiro atoms. The molecule has 0 atom stereocenters. The largest absolute Gasteiger partial charge is 0.389 e.